The minimum absolute atomic E-state index is 1.34. The Bertz CT molecular complexity index is 708. The maximum Gasteiger partial charge on any atom is 0.0165 e. The fourth-order valence-electron chi connectivity index (χ4n) is 2.82. The van der Waals surface area contributed by atoms with Gasteiger partial charge in [-0.05, 0) is 28.9 Å². The van der Waals surface area contributed by atoms with Crippen molar-refractivity contribution in [2.75, 3.05) is 0 Å². The van der Waals surface area contributed by atoms with E-state index in [9.17, 15) is 0 Å². The number of rotatable bonds is 3. The molecule has 0 heterocycles. The molecule has 1 heteroatoms. The van der Waals surface area contributed by atoms with Crippen molar-refractivity contribution in [2.45, 2.75) is 6.92 Å². The van der Waals surface area contributed by atoms with Gasteiger partial charge in [0.1, 0.15) is 0 Å². The smallest absolute Gasteiger partial charge is 0.0165 e. The highest BCUT2D eigenvalue weighted by molar-refractivity contribution is 7.94. The lowest BCUT2D eigenvalue weighted by molar-refractivity contribution is 1.73. The summed E-state index contributed by atoms with van der Waals surface area (Å²) in [4.78, 5) is 0. The van der Waals surface area contributed by atoms with Crippen LogP contribution in [0.4, 0.5) is 0 Å². The molecule has 0 fully saturated rings. The Kier molecular flexibility index (Phi) is 4.45. The molecule has 0 N–H and O–H groups in total. The summed E-state index contributed by atoms with van der Waals surface area (Å²) in [6, 6.07) is 32.3. The minimum atomic E-state index is -1.86. The van der Waals surface area contributed by atoms with E-state index >= 15 is 0 Å². The molecule has 0 nitrogen and oxygen atoms in total. The van der Waals surface area contributed by atoms with Gasteiger partial charge < -0.3 is 0 Å². The molecule has 22 heavy (non-hydrogen) atoms. The summed E-state index contributed by atoms with van der Waals surface area (Å²) >= 11 is 0. The molecule has 0 unspecified atom stereocenters. The largest absolute Gasteiger partial charge is 0.118 e. The van der Waals surface area contributed by atoms with Crippen LogP contribution in [-0.4, -0.2) is 5.45 Å². The molecule has 0 saturated heterocycles. The highest BCUT2D eigenvalue weighted by Crippen LogP contribution is 2.42. The monoisotopic (exact) mass is 302 g/mol. The van der Waals surface area contributed by atoms with Gasteiger partial charge in [-0.3, -0.25) is 0 Å². The van der Waals surface area contributed by atoms with Crippen LogP contribution in [0.2, 0.25) is 0 Å². The molecule has 3 rings (SSSR count). The van der Waals surface area contributed by atoms with Gasteiger partial charge in [-0.2, -0.15) is 0 Å². The Labute approximate surface area is 132 Å². The average molecular weight is 302 g/mol. The summed E-state index contributed by atoms with van der Waals surface area (Å²) in [7, 11) is 0. The zero-order valence-corrected chi connectivity index (χ0v) is 13.6. The lowest BCUT2D eigenvalue weighted by Crippen LogP contribution is -2.25. The molecule has 0 radical (unpaired) electrons. The van der Waals surface area contributed by atoms with Crippen LogP contribution in [0, 0.1) is 0 Å². The van der Waals surface area contributed by atoms with E-state index in [0.717, 1.165) is 0 Å². The molecule has 0 atom stereocenters. The fourth-order valence-corrected chi connectivity index (χ4v) is 6.41. The first-order valence-corrected chi connectivity index (χ1v) is 9.28. The SMILES string of the molecule is CC=C=P(c1ccccc1)(c1ccccc1)c1ccccc1. The first kappa shape index (κ1) is 14.7. The van der Waals surface area contributed by atoms with E-state index in [1.54, 1.807) is 0 Å². The predicted molar refractivity (Wildman–Crippen MR) is 100 cm³/mol. The van der Waals surface area contributed by atoms with Crippen LogP contribution in [0.25, 0.3) is 0 Å². The molecule has 0 aliphatic carbocycles. The van der Waals surface area contributed by atoms with E-state index in [2.05, 4.69) is 109 Å². The zero-order chi connectivity index (χ0) is 15.3. The van der Waals surface area contributed by atoms with Crippen molar-refractivity contribution >= 4 is 28.3 Å². The van der Waals surface area contributed by atoms with Crippen molar-refractivity contribution in [1.82, 2.24) is 0 Å². The van der Waals surface area contributed by atoms with E-state index in [4.69, 9.17) is 0 Å². The van der Waals surface area contributed by atoms with Gasteiger partial charge in [0.25, 0.3) is 0 Å². The molecule has 0 aliphatic rings. The summed E-state index contributed by atoms with van der Waals surface area (Å²) in [6.07, 6.45) is 2.07. The van der Waals surface area contributed by atoms with E-state index in [1.807, 2.05) is 0 Å². The van der Waals surface area contributed by atoms with Crippen LogP contribution < -0.4 is 15.9 Å². The second-order valence-corrected chi connectivity index (χ2v) is 8.24. The summed E-state index contributed by atoms with van der Waals surface area (Å²) in [5.41, 5.74) is 3.73. The van der Waals surface area contributed by atoms with Crippen molar-refractivity contribution in [3.05, 3.63) is 97.1 Å². The lowest BCUT2D eigenvalue weighted by Gasteiger charge is -2.25. The number of allylic oxidation sites excluding steroid dienone is 1. The Morgan fingerprint density at radius 1 is 0.591 bits per heavy atom. The molecule has 0 saturated carbocycles. The van der Waals surface area contributed by atoms with E-state index in [1.165, 1.54) is 15.9 Å². The first-order valence-electron chi connectivity index (χ1n) is 7.49. The molecule has 3 aromatic rings. The van der Waals surface area contributed by atoms with Crippen LogP contribution in [-0.2, 0) is 0 Å². The maximum absolute atomic E-state index is 3.73. The van der Waals surface area contributed by atoms with Gasteiger partial charge in [0, 0.05) is 6.89 Å². The third-order valence-electron chi connectivity index (χ3n) is 3.75. The van der Waals surface area contributed by atoms with Gasteiger partial charge in [0.15, 0.2) is 0 Å². The Hall–Kier alpha value is -2.26. The molecule has 3 aromatic carbocycles. The molecule has 0 spiro atoms. The lowest BCUT2D eigenvalue weighted by atomic mass is 10.4. The Balaban J connectivity index is 2.44. The van der Waals surface area contributed by atoms with Gasteiger partial charge in [0.05, 0.1) is 0 Å². The molecule has 108 valence electrons. The number of benzene rings is 3. The van der Waals surface area contributed by atoms with Gasteiger partial charge in [-0.1, -0.05) is 91.0 Å². The van der Waals surface area contributed by atoms with Gasteiger partial charge in [-0.15, -0.1) is 5.45 Å². The Morgan fingerprint density at radius 2 is 0.909 bits per heavy atom. The van der Waals surface area contributed by atoms with E-state index in [-0.39, 0.29) is 0 Å². The number of hydrogen-bond donors (Lipinski definition) is 0. The van der Waals surface area contributed by atoms with E-state index in [0.29, 0.717) is 0 Å². The third-order valence-corrected chi connectivity index (χ3v) is 7.62. The molecule has 0 aliphatic heterocycles. The second kappa shape index (κ2) is 6.67. The van der Waals surface area contributed by atoms with Crippen molar-refractivity contribution in [2.24, 2.45) is 0 Å². The fraction of sp³-hybridized carbons (Fsp3) is 0.0476. The molecular weight excluding hydrogens is 283 g/mol. The van der Waals surface area contributed by atoms with Crippen molar-refractivity contribution in [3.63, 3.8) is 0 Å². The van der Waals surface area contributed by atoms with Crippen LogP contribution in [0.1, 0.15) is 6.92 Å². The van der Waals surface area contributed by atoms with Crippen LogP contribution in [0.3, 0.4) is 0 Å². The third kappa shape index (κ3) is 2.60. The van der Waals surface area contributed by atoms with Crippen molar-refractivity contribution in [3.8, 4) is 0 Å². The molecular formula is C21H19P. The zero-order valence-electron chi connectivity index (χ0n) is 12.7. The van der Waals surface area contributed by atoms with E-state index < -0.39 is 6.89 Å². The normalized spacial score (nSPS) is 10.8. The predicted octanol–water partition coefficient (Wildman–Crippen LogP) is 3.96. The highest BCUT2D eigenvalue weighted by Gasteiger charge is 2.23. The minimum Gasteiger partial charge on any atom is -0.118 e. The second-order valence-electron chi connectivity index (χ2n) is 5.10. The van der Waals surface area contributed by atoms with Crippen molar-refractivity contribution < 1.29 is 0 Å². The maximum atomic E-state index is 3.73. The van der Waals surface area contributed by atoms with Crippen molar-refractivity contribution in [1.29, 1.82) is 0 Å². The standard InChI is InChI=1S/C21H19P/c1-2-18-22(19-12-6-3-7-13-19,20-14-8-4-9-15-20)21-16-10-5-11-17-21/h2-17H,1H3. The van der Waals surface area contributed by atoms with Crippen LogP contribution in [0.15, 0.2) is 97.1 Å². The van der Waals surface area contributed by atoms with Crippen LogP contribution in [0.5, 0.6) is 0 Å². The molecule has 0 amide bonds. The molecule has 0 aromatic heterocycles. The molecule has 0 bridgehead atoms. The summed E-state index contributed by atoms with van der Waals surface area (Å²) in [5, 5.41) is 4.02. The summed E-state index contributed by atoms with van der Waals surface area (Å²) in [5.74, 6) is 0. The Morgan fingerprint density at radius 3 is 1.18 bits per heavy atom. The number of hydrogen-bond acceptors (Lipinski definition) is 0. The summed E-state index contributed by atoms with van der Waals surface area (Å²) < 4.78 is 0. The van der Waals surface area contributed by atoms with Gasteiger partial charge >= 0.3 is 0 Å². The quantitative estimate of drug-likeness (QED) is 0.643. The van der Waals surface area contributed by atoms with Gasteiger partial charge in [-0.25, -0.2) is 0 Å². The van der Waals surface area contributed by atoms with Gasteiger partial charge in [0.2, 0.25) is 0 Å². The summed E-state index contributed by atoms with van der Waals surface area (Å²) in [6.45, 7) is 0.200. The highest BCUT2D eigenvalue weighted by atomic mass is 31.2. The topological polar surface area (TPSA) is 0 Å². The van der Waals surface area contributed by atoms with Crippen LogP contribution >= 0.6 is 6.89 Å². The average Bonchev–Trinajstić information content (AvgIpc) is 2.62. The first-order chi connectivity index (χ1) is 10.9.